The molecular weight excluding hydrogens is 394 g/mol. The van der Waals surface area contributed by atoms with Crippen LogP contribution in [0.3, 0.4) is 0 Å². The zero-order valence-electron chi connectivity index (χ0n) is 11.9. The number of rotatable bonds is 2. The Labute approximate surface area is 148 Å². The summed E-state index contributed by atoms with van der Waals surface area (Å²) in [7, 11) is 0. The summed E-state index contributed by atoms with van der Waals surface area (Å²) >= 11 is 4.25. The van der Waals surface area contributed by atoms with Crippen LogP contribution < -0.4 is 5.32 Å². The van der Waals surface area contributed by atoms with Crippen LogP contribution in [0.25, 0.3) is 28.2 Å². The summed E-state index contributed by atoms with van der Waals surface area (Å²) in [5.41, 5.74) is 2.30. The van der Waals surface area contributed by atoms with E-state index in [2.05, 4.69) is 31.2 Å². The summed E-state index contributed by atoms with van der Waals surface area (Å²) < 4.78 is 6.73. The molecular formula is C16H8BrN3O3S. The summed E-state index contributed by atoms with van der Waals surface area (Å²) in [6.07, 6.45) is 8.35. The highest BCUT2D eigenvalue weighted by atomic mass is 79.9. The van der Waals surface area contributed by atoms with Crippen molar-refractivity contribution >= 4 is 55.9 Å². The molecule has 1 fully saturated rings. The van der Waals surface area contributed by atoms with E-state index in [-0.39, 0.29) is 5.24 Å². The molecule has 1 aliphatic heterocycles. The number of furan rings is 1. The summed E-state index contributed by atoms with van der Waals surface area (Å²) in [6.45, 7) is 0. The van der Waals surface area contributed by atoms with Gasteiger partial charge >= 0.3 is 0 Å². The van der Waals surface area contributed by atoms with Gasteiger partial charge in [0.1, 0.15) is 11.3 Å². The number of fused-ring (bicyclic) bond motifs is 1. The molecule has 0 aliphatic carbocycles. The van der Waals surface area contributed by atoms with Crippen molar-refractivity contribution in [3.63, 3.8) is 0 Å². The van der Waals surface area contributed by atoms with Crippen molar-refractivity contribution in [1.29, 1.82) is 0 Å². The highest BCUT2D eigenvalue weighted by molar-refractivity contribution is 9.10. The maximum atomic E-state index is 11.6. The molecule has 0 aromatic carbocycles. The van der Waals surface area contributed by atoms with Crippen LogP contribution in [0.4, 0.5) is 4.79 Å². The van der Waals surface area contributed by atoms with Gasteiger partial charge in [-0.15, -0.1) is 0 Å². The first kappa shape index (κ1) is 15.1. The predicted octanol–water partition coefficient (Wildman–Crippen LogP) is 3.98. The lowest BCUT2D eigenvalue weighted by Gasteiger charge is -2.01. The summed E-state index contributed by atoms with van der Waals surface area (Å²) in [6, 6.07) is 3.70. The Morgan fingerprint density at radius 3 is 2.71 bits per heavy atom. The molecule has 1 aliphatic rings. The quantitative estimate of drug-likeness (QED) is 0.653. The number of carbonyl (C=O) groups excluding carboxylic acids is 2. The summed E-state index contributed by atoms with van der Waals surface area (Å²) in [4.78, 5) is 31.6. The van der Waals surface area contributed by atoms with E-state index in [0.717, 1.165) is 32.7 Å². The second kappa shape index (κ2) is 5.88. The minimum atomic E-state index is -0.417. The molecule has 4 heterocycles. The second-order valence-electron chi connectivity index (χ2n) is 5.00. The Hall–Kier alpha value is -2.45. The number of hydrogen-bond acceptors (Lipinski definition) is 6. The first-order valence-corrected chi connectivity index (χ1v) is 8.44. The third-order valence-corrected chi connectivity index (χ3v) is 4.62. The van der Waals surface area contributed by atoms with E-state index in [4.69, 9.17) is 4.42 Å². The maximum absolute atomic E-state index is 11.6. The first-order valence-electron chi connectivity index (χ1n) is 6.83. The van der Waals surface area contributed by atoms with E-state index >= 15 is 0 Å². The number of hydrogen-bond donors (Lipinski definition) is 1. The van der Waals surface area contributed by atoms with Gasteiger partial charge in [0.2, 0.25) is 0 Å². The van der Waals surface area contributed by atoms with Crippen LogP contribution in [0.5, 0.6) is 0 Å². The molecule has 0 bridgehead atoms. The topological polar surface area (TPSA) is 85.1 Å². The SMILES string of the molecule is O=C1NC(=O)/C(=C\c2cc3cncc(-c4cncc(Br)c4)c3o2)S1. The number of nitrogens with one attached hydrogen (secondary N) is 1. The van der Waals surface area contributed by atoms with Crippen molar-refractivity contribution in [2.45, 2.75) is 0 Å². The fourth-order valence-corrected chi connectivity index (χ4v) is 3.40. The molecule has 0 radical (unpaired) electrons. The lowest BCUT2D eigenvalue weighted by Crippen LogP contribution is -2.17. The van der Waals surface area contributed by atoms with E-state index in [1.807, 2.05) is 6.07 Å². The molecule has 0 unspecified atom stereocenters. The Morgan fingerprint density at radius 2 is 1.96 bits per heavy atom. The highest BCUT2D eigenvalue weighted by Crippen LogP contribution is 2.33. The number of amides is 2. The molecule has 1 saturated heterocycles. The molecule has 1 N–H and O–H groups in total. The van der Waals surface area contributed by atoms with E-state index in [1.54, 1.807) is 36.9 Å². The van der Waals surface area contributed by atoms with Gasteiger partial charge in [-0.2, -0.15) is 0 Å². The van der Waals surface area contributed by atoms with Gasteiger partial charge in [0.15, 0.2) is 0 Å². The number of nitrogens with zero attached hydrogens (tertiary/aromatic N) is 2. The van der Waals surface area contributed by atoms with Crippen molar-refractivity contribution < 1.29 is 14.0 Å². The fourth-order valence-electron chi connectivity index (χ4n) is 2.37. The van der Waals surface area contributed by atoms with Crippen molar-refractivity contribution in [2.24, 2.45) is 0 Å². The first-order chi connectivity index (χ1) is 11.6. The van der Waals surface area contributed by atoms with Crippen LogP contribution in [-0.2, 0) is 4.79 Å². The molecule has 118 valence electrons. The molecule has 24 heavy (non-hydrogen) atoms. The van der Waals surface area contributed by atoms with E-state index in [0.29, 0.717) is 16.2 Å². The molecule has 8 heteroatoms. The molecule has 2 amide bonds. The minimum absolute atomic E-state index is 0.303. The number of imide groups is 1. The summed E-state index contributed by atoms with van der Waals surface area (Å²) in [5, 5.41) is 2.63. The minimum Gasteiger partial charge on any atom is -0.456 e. The van der Waals surface area contributed by atoms with Crippen LogP contribution in [-0.4, -0.2) is 21.1 Å². The third kappa shape index (κ3) is 2.74. The molecule has 0 saturated carbocycles. The monoisotopic (exact) mass is 401 g/mol. The summed E-state index contributed by atoms with van der Waals surface area (Å²) in [5.74, 6) is 0.0644. The lowest BCUT2D eigenvalue weighted by molar-refractivity contribution is -0.115. The van der Waals surface area contributed by atoms with Gasteiger partial charge in [-0.3, -0.25) is 24.9 Å². The highest BCUT2D eigenvalue weighted by Gasteiger charge is 2.25. The van der Waals surface area contributed by atoms with Gasteiger partial charge in [-0.25, -0.2) is 0 Å². The zero-order chi connectivity index (χ0) is 16.7. The van der Waals surface area contributed by atoms with Gasteiger partial charge < -0.3 is 4.42 Å². The van der Waals surface area contributed by atoms with Gasteiger partial charge in [0.25, 0.3) is 11.1 Å². The van der Waals surface area contributed by atoms with Crippen molar-refractivity contribution in [3.8, 4) is 11.1 Å². The number of halogens is 1. The molecule has 4 rings (SSSR count). The standard InChI is InChI=1S/C16H8BrN3O3S/c17-10-1-8(4-18-6-10)12-7-19-5-9-2-11(23-14(9)12)3-13-15(21)20-16(22)24-13/h1-7H,(H,20,21,22)/b13-3+. The van der Waals surface area contributed by atoms with Crippen LogP contribution in [0.2, 0.25) is 0 Å². The van der Waals surface area contributed by atoms with Gasteiger partial charge in [-0.1, -0.05) is 0 Å². The Morgan fingerprint density at radius 1 is 1.12 bits per heavy atom. The fraction of sp³-hybridized carbons (Fsp3) is 0. The van der Waals surface area contributed by atoms with E-state index < -0.39 is 5.91 Å². The average Bonchev–Trinajstić information content (AvgIpc) is 3.09. The number of carbonyl (C=O) groups is 2. The van der Waals surface area contributed by atoms with Crippen molar-refractivity contribution in [3.05, 3.63) is 52.1 Å². The number of thioether (sulfide) groups is 1. The molecule has 3 aromatic heterocycles. The van der Waals surface area contributed by atoms with E-state index in [1.165, 1.54) is 0 Å². The number of pyridine rings is 2. The van der Waals surface area contributed by atoms with Crippen LogP contribution in [0, 0.1) is 0 Å². The van der Waals surface area contributed by atoms with Gasteiger partial charge in [-0.05, 0) is 39.8 Å². The zero-order valence-corrected chi connectivity index (χ0v) is 14.3. The molecule has 0 spiro atoms. The van der Waals surface area contributed by atoms with Crippen LogP contribution in [0.1, 0.15) is 5.76 Å². The maximum Gasteiger partial charge on any atom is 0.290 e. The van der Waals surface area contributed by atoms with Crippen molar-refractivity contribution in [1.82, 2.24) is 15.3 Å². The second-order valence-corrected chi connectivity index (χ2v) is 6.93. The average molecular weight is 402 g/mol. The van der Waals surface area contributed by atoms with Crippen molar-refractivity contribution in [2.75, 3.05) is 0 Å². The lowest BCUT2D eigenvalue weighted by atomic mass is 10.1. The Bertz CT molecular complexity index is 1030. The van der Waals surface area contributed by atoms with Crippen LogP contribution in [0.15, 0.2) is 50.7 Å². The molecule has 3 aromatic rings. The smallest absolute Gasteiger partial charge is 0.290 e. The Kier molecular flexibility index (Phi) is 3.70. The molecule has 6 nitrogen and oxygen atoms in total. The Balaban J connectivity index is 1.82. The number of aromatic nitrogens is 2. The molecule has 0 atom stereocenters. The van der Waals surface area contributed by atoms with Gasteiger partial charge in [0, 0.05) is 51.8 Å². The normalized spacial score (nSPS) is 16.1. The third-order valence-electron chi connectivity index (χ3n) is 3.37. The largest absolute Gasteiger partial charge is 0.456 e. The predicted molar refractivity (Wildman–Crippen MR) is 94.0 cm³/mol. The van der Waals surface area contributed by atoms with E-state index in [9.17, 15) is 9.59 Å². The van der Waals surface area contributed by atoms with Crippen LogP contribution >= 0.6 is 27.7 Å². The van der Waals surface area contributed by atoms with Gasteiger partial charge in [0.05, 0.1) is 4.91 Å².